The number of hydrogen-bond acceptors (Lipinski definition) is 9. The maximum atomic E-state index is 12.0. The van der Waals surface area contributed by atoms with Gasteiger partial charge in [-0.1, -0.05) is 12.1 Å². The standard InChI is InChI=1S/C24H34N4O6/c1-24(2,3)34-23(30)26-16-18(15-21(29)32-5)27-22-25-13-12-20(28-22)33-14-6-7-17-8-10-19(31-4)11-9-17/h8-13,18H,6-7,14-16H2,1-5H3,(H,26,30)(H,25,27,28)/t18-/m1/s1. The van der Waals surface area contributed by atoms with E-state index in [0.29, 0.717) is 12.5 Å². The number of anilines is 1. The molecule has 34 heavy (non-hydrogen) atoms. The van der Waals surface area contributed by atoms with Crippen molar-refractivity contribution in [1.82, 2.24) is 15.3 Å². The molecule has 0 fully saturated rings. The smallest absolute Gasteiger partial charge is 0.407 e. The number of methoxy groups -OCH3 is 2. The minimum absolute atomic E-state index is 0.00258. The summed E-state index contributed by atoms with van der Waals surface area (Å²) >= 11 is 0. The van der Waals surface area contributed by atoms with Crippen LogP contribution in [0.2, 0.25) is 0 Å². The molecule has 2 aromatic rings. The van der Waals surface area contributed by atoms with Crippen LogP contribution in [0.5, 0.6) is 11.6 Å². The summed E-state index contributed by atoms with van der Waals surface area (Å²) in [6.07, 6.45) is 2.65. The average molecular weight is 475 g/mol. The Kier molecular flexibility index (Phi) is 10.4. The number of nitrogens with zero attached hydrogens (tertiary/aromatic N) is 2. The van der Waals surface area contributed by atoms with Crippen LogP contribution in [0.3, 0.4) is 0 Å². The van der Waals surface area contributed by atoms with Crippen molar-refractivity contribution < 1.29 is 28.5 Å². The van der Waals surface area contributed by atoms with Crippen molar-refractivity contribution in [3.63, 3.8) is 0 Å². The number of hydrogen-bond donors (Lipinski definition) is 2. The molecule has 10 nitrogen and oxygen atoms in total. The van der Waals surface area contributed by atoms with Crippen molar-refractivity contribution in [3.05, 3.63) is 42.1 Å². The Morgan fingerprint density at radius 1 is 1.09 bits per heavy atom. The summed E-state index contributed by atoms with van der Waals surface area (Å²) in [5, 5.41) is 5.69. The summed E-state index contributed by atoms with van der Waals surface area (Å²) < 4.78 is 20.9. The number of aryl methyl sites for hydroxylation is 1. The van der Waals surface area contributed by atoms with Gasteiger partial charge in [0.1, 0.15) is 11.4 Å². The normalized spacial score (nSPS) is 11.8. The zero-order valence-corrected chi connectivity index (χ0v) is 20.4. The fourth-order valence-electron chi connectivity index (χ4n) is 2.90. The molecule has 0 saturated carbocycles. The first-order valence-corrected chi connectivity index (χ1v) is 11.1. The number of carbonyl (C=O) groups is 2. The number of amides is 1. The zero-order valence-electron chi connectivity index (χ0n) is 20.4. The van der Waals surface area contributed by atoms with Gasteiger partial charge in [0.2, 0.25) is 11.8 Å². The molecule has 0 bridgehead atoms. The molecule has 1 atom stereocenters. The van der Waals surface area contributed by atoms with E-state index in [4.69, 9.17) is 18.9 Å². The van der Waals surface area contributed by atoms with Gasteiger partial charge in [-0.15, -0.1) is 0 Å². The number of benzene rings is 1. The van der Waals surface area contributed by atoms with E-state index in [1.54, 1.807) is 40.1 Å². The Morgan fingerprint density at radius 3 is 2.47 bits per heavy atom. The second kappa shape index (κ2) is 13.2. The number of carbonyl (C=O) groups excluding carboxylic acids is 2. The van der Waals surface area contributed by atoms with Gasteiger partial charge in [0.05, 0.1) is 33.3 Å². The maximum absolute atomic E-state index is 12.0. The SMILES string of the molecule is COC(=O)C[C@H](CNC(=O)OC(C)(C)C)Nc1nccc(OCCCc2ccc(OC)cc2)n1. The van der Waals surface area contributed by atoms with Gasteiger partial charge in [-0.25, -0.2) is 9.78 Å². The highest BCUT2D eigenvalue weighted by Crippen LogP contribution is 2.14. The van der Waals surface area contributed by atoms with Gasteiger partial charge < -0.3 is 29.6 Å². The second-order valence-corrected chi connectivity index (χ2v) is 8.52. The molecule has 0 saturated heterocycles. The molecule has 0 aliphatic carbocycles. The predicted octanol–water partition coefficient (Wildman–Crippen LogP) is 3.37. The lowest BCUT2D eigenvalue weighted by atomic mass is 10.1. The van der Waals surface area contributed by atoms with Crippen LogP contribution in [0.25, 0.3) is 0 Å². The van der Waals surface area contributed by atoms with E-state index in [2.05, 4.69) is 20.6 Å². The van der Waals surface area contributed by atoms with Crippen LogP contribution in [0.1, 0.15) is 39.2 Å². The average Bonchev–Trinajstić information content (AvgIpc) is 2.80. The first kappa shape index (κ1) is 26.7. The summed E-state index contributed by atoms with van der Waals surface area (Å²) in [5.74, 6) is 1.07. The molecule has 0 unspecified atom stereocenters. The topological polar surface area (TPSA) is 121 Å². The Morgan fingerprint density at radius 2 is 1.82 bits per heavy atom. The maximum Gasteiger partial charge on any atom is 0.407 e. The molecule has 1 aromatic carbocycles. The van der Waals surface area contributed by atoms with Crippen molar-refractivity contribution in [2.45, 2.75) is 51.7 Å². The van der Waals surface area contributed by atoms with Crippen molar-refractivity contribution in [2.24, 2.45) is 0 Å². The molecule has 1 amide bonds. The fourth-order valence-corrected chi connectivity index (χ4v) is 2.90. The van der Waals surface area contributed by atoms with E-state index < -0.39 is 23.7 Å². The lowest BCUT2D eigenvalue weighted by Crippen LogP contribution is -2.40. The molecule has 0 spiro atoms. The minimum atomic E-state index is -0.627. The van der Waals surface area contributed by atoms with E-state index in [9.17, 15) is 9.59 Å². The van der Waals surface area contributed by atoms with Crippen molar-refractivity contribution >= 4 is 18.0 Å². The molecule has 1 aromatic heterocycles. The minimum Gasteiger partial charge on any atom is -0.497 e. The highest BCUT2D eigenvalue weighted by atomic mass is 16.6. The van der Waals surface area contributed by atoms with E-state index in [1.807, 2.05) is 24.3 Å². The second-order valence-electron chi connectivity index (χ2n) is 8.52. The van der Waals surface area contributed by atoms with Gasteiger partial charge in [0, 0.05) is 18.8 Å². The van der Waals surface area contributed by atoms with E-state index in [1.165, 1.54) is 12.7 Å². The molecule has 2 rings (SSSR count). The molecule has 2 N–H and O–H groups in total. The molecule has 0 aliphatic heterocycles. The third-order valence-corrected chi connectivity index (χ3v) is 4.51. The van der Waals surface area contributed by atoms with Crippen molar-refractivity contribution in [1.29, 1.82) is 0 Å². The number of rotatable bonds is 12. The molecule has 0 radical (unpaired) electrons. The summed E-state index contributed by atoms with van der Waals surface area (Å²) in [7, 11) is 2.94. The summed E-state index contributed by atoms with van der Waals surface area (Å²) in [5.41, 5.74) is 0.565. The molecule has 10 heteroatoms. The van der Waals surface area contributed by atoms with Gasteiger partial charge >= 0.3 is 12.1 Å². The van der Waals surface area contributed by atoms with Crippen molar-refractivity contribution in [3.8, 4) is 11.6 Å². The first-order valence-electron chi connectivity index (χ1n) is 11.1. The third kappa shape index (κ3) is 10.4. The van der Waals surface area contributed by atoms with Crippen LogP contribution in [0.4, 0.5) is 10.7 Å². The first-order chi connectivity index (χ1) is 16.2. The van der Waals surface area contributed by atoms with Gasteiger partial charge in [0.25, 0.3) is 0 Å². The molecular weight excluding hydrogens is 440 g/mol. The summed E-state index contributed by atoms with van der Waals surface area (Å²) in [6, 6.07) is 9.07. The van der Waals surface area contributed by atoms with E-state index >= 15 is 0 Å². The Labute approximate surface area is 200 Å². The highest BCUT2D eigenvalue weighted by Gasteiger charge is 2.20. The largest absolute Gasteiger partial charge is 0.497 e. The Bertz CT molecular complexity index is 914. The number of ether oxygens (including phenoxy) is 4. The monoisotopic (exact) mass is 474 g/mol. The lowest BCUT2D eigenvalue weighted by Gasteiger charge is -2.22. The van der Waals surface area contributed by atoms with Crippen LogP contribution in [-0.2, 0) is 20.7 Å². The molecular formula is C24H34N4O6. The van der Waals surface area contributed by atoms with E-state index in [0.717, 1.165) is 18.6 Å². The Hall–Kier alpha value is -3.56. The molecule has 0 aliphatic rings. The van der Waals surface area contributed by atoms with Crippen molar-refractivity contribution in [2.75, 3.05) is 32.7 Å². The van der Waals surface area contributed by atoms with Gasteiger partial charge in [0.15, 0.2) is 0 Å². The van der Waals surface area contributed by atoms with Crippen LogP contribution >= 0.6 is 0 Å². The lowest BCUT2D eigenvalue weighted by molar-refractivity contribution is -0.140. The Balaban J connectivity index is 1.88. The van der Waals surface area contributed by atoms with Crippen LogP contribution in [0.15, 0.2) is 36.5 Å². The summed E-state index contributed by atoms with van der Waals surface area (Å²) in [6.45, 7) is 5.90. The van der Waals surface area contributed by atoms with Crippen LogP contribution in [-0.4, -0.2) is 61.0 Å². The number of esters is 1. The van der Waals surface area contributed by atoms with Gasteiger partial charge in [-0.2, -0.15) is 4.98 Å². The van der Waals surface area contributed by atoms with Crippen LogP contribution < -0.4 is 20.1 Å². The van der Waals surface area contributed by atoms with Gasteiger partial charge in [-0.05, 0) is 51.3 Å². The fraction of sp³-hybridized carbons (Fsp3) is 0.500. The summed E-state index contributed by atoms with van der Waals surface area (Å²) in [4.78, 5) is 32.3. The molecule has 1 heterocycles. The predicted molar refractivity (Wildman–Crippen MR) is 127 cm³/mol. The third-order valence-electron chi connectivity index (χ3n) is 4.51. The van der Waals surface area contributed by atoms with E-state index in [-0.39, 0.29) is 18.9 Å². The quantitative estimate of drug-likeness (QED) is 0.352. The molecule has 186 valence electrons. The van der Waals surface area contributed by atoms with Gasteiger partial charge in [-0.3, -0.25) is 4.79 Å². The number of aromatic nitrogens is 2. The highest BCUT2D eigenvalue weighted by molar-refractivity contribution is 5.71. The van der Waals surface area contributed by atoms with Crippen LogP contribution in [0, 0.1) is 0 Å². The number of alkyl carbamates (subject to hydrolysis) is 1. The zero-order chi connectivity index (χ0) is 25.0. The number of nitrogens with one attached hydrogen (secondary N) is 2.